The Morgan fingerprint density at radius 3 is 2.18 bits per heavy atom. The van der Waals surface area contributed by atoms with Gasteiger partial charge in [-0.25, -0.2) is 0 Å². The topological polar surface area (TPSA) is 46.5 Å². The van der Waals surface area contributed by atoms with Crippen LogP contribution in [0.2, 0.25) is 0 Å². The predicted molar refractivity (Wildman–Crippen MR) is 90.0 cm³/mol. The third kappa shape index (κ3) is 13.5. The zero-order chi connectivity index (χ0) is 16.6. The Bertz CT molecular complexity index is 406. The van der Waals surface area contributed by atoms with E-state index in [-0.39, 0.29) is 5.97 Å². The summed E-state index contributed by atoms with van der Waals surface area (Å²) in [6, 6.07) is 0. The molecule has 0 aliphatic carbocycles. The monoisotopic (exact) mass is 306 g/mol. The van der Waals surface area contributed by atoms with Gasteiger partial charge in [0, 0.05) is 6.92 Å². The van der Waals surface area contributed by atoms with Gasteiger partial charge in [0.05, 0.1) is 0 Å². The maximum Gasteiger partial charge on any atom is 0.303 e. The van der Waals surface area contributed by atoms with E-state index >= 15 is 0 Å². The number of esters is 1. The summed E-state index contributed by atoms with van der Waals surface area (Å²) in [6.07, 6.45) is 8.89. The fourth-order valence-electron chi connectivity index (χ4n) is 2.02. The van der Waals surface area contributed by atoms with Crippen molar-refractivity contribution in [2.24, 2.45) is 0 Å². The first-order valence-corrected chi connectivity index (χ1v) is 8.46. The van der Waals surface area contributed by atoms with E-state index < -0.39 is 12.2 Å². The minimum atomic E-state index is -0.612. The fourth-order valence-corrected chi connectivity index (χ4v) is 2.02. The molecule has 0 aromatic carbocycles. The van der Waals surface area contributed by atoms with Crippen molar-refractivity contribution in [2.75, 3.05) is 0 Å². The Labute approximate surface area is 135 Å². The fraction of sp³-hybridized carbons (Fsp3) is 0.737. The van der Waals surface area contributed by atoms with Crippen LogP contribution >= 0.6 is 0 Å². The highest BCUT2D eigenvalue weighted by Crippen LogP contribution is 2.09. The Kier molecular flexibility index (Phi) is 13.5. The highest BCUT2D eigenvalue weighted by atomic mass is 16.5. The van der Waals surface area contributed by atoms with E-state index in [1.807, 2.05) is 6.92 Å². The number of carbonyl (C=O) groups is 1. The van der Waals surface area contributed by atoms with E-state index in [1.165, 1.54) is 39.0 Å². The standard InChI is InChI=1S/C19H30O3/c1-4-6-7-8-9-10-11-14-18(21)15-12-13-16-19(5-2)22-17(3)20/h18-19,21H,4-11,14H2,1-3H3/t18-,19+/m0/s1. The summed E-state index contributed by atoms with van der Waals surface area (Å²) in [5, 5.41) is 9.73. The van der Waals surface area contributed by atoms with Crippen LogP contribution in [0.5, 0.6) is 0 Å². The number of hydrogen-bond donors (Lipinski definition) is 1. The van der Waals surface area contributed by atoms with Crippen LogP contribution < -0.4 is 0 Å². The van der Waals surface area contributed by atoms with Gasteiger partial charge in [0.2, 0.25) is 0 Å². The molecule has 0 amide bonds. The highest BCUT2D eigenvalue weighted by Gasteiger charge is 2.04. The van der Waals surface area contributed by atoms with Crippen molar-refractivity contribution in [1.29, 1.82) is 0 Å². The molecular formula is C19H30O3. The van der Waals surface area contributed by atoms with Crippen molar-refractivity contribution in [2.45, 2.75) is 90.8 Å². The SMILES string of the molecule is CCCCCCCCC[C@H](O)C#CC#C[C@@H](CC)OC(C)=O. The van der Waals surface area contributed by atoms with Crippen molar-refractivity contribution < 1.29 is 14.6 Å². The largest absolute Gasteiger partial charge is 0.449 e. The molecule has 22 heavy (non-hydrogen) atoms. The molecule has 0 aromatic rings. The first kappa shape index (κ1) is 20.6. The van der Waals surface area contributed by atoms with Crippen molar-refractivity contribution in [3.8, 4) is 23.7 Å². The summed E-state index contributed by atoms with van der Waals surface area (Å²) in [7, 11) is 0. The second kappa shape index (κ2) is 14.5. The van der Waals surface area contributed by atoms with Gasteiger partial charge >= 0.3 is 5.97 Å². The average Bonchev–Trinajstić information content (AvgIpc) is 2.49. The lowest BCUT2D eigenvalue weighted by atomic mass is 10.1. The molecule has 0 unspecified atom stereocenters. The minimum absolute atomic E-state index is 0.340. The van der Waals surface area contributed by atoms with E-state index in [0.717, 1.165) is 12.8 Å². The molecule has 3 nitrogen and oxygen atoms in total. The van der Waals surface area contributed by atoms with E-state index in [0.29, 0.717) is 12.8 Å². The number of hydrogen-bond acceptors (Lipinski definition) is 3. The Morgan fingerprint density at radius 1 is 1.00 bits per heavy atom. The first-order chi connectivity index (χ1) is 10.6. The van der Waals surface area contributed by atoms with Gasteiger partial charge in [-0.1, -0.05) is 58.3 Å². The molecule has 0 bridgehead atoms. The number of rotatable bonds is 10. The molecule has 0 saturated carbocycles. The molecule has 0 radical (unpaired) electrons. The first-order valence-electron chi connectivity index (χ1n) is 8.46. The quantitative estimate of drug-likeness (QED) is 0.379. The molecule has 0 saturated heterocycles. The molecular weight excluding hydrogens is 276 g/mol. The molecule has 0 aliphatic heterocycles. The second-order valence-electron chi connectivity index (χ2n) is 5.47. The lowest BCUT2D eigenvalue weighted by Gasteiger charge is -2.06. The molecule has 0 aliphatic rings. The molecule has 0 fully saturated rings. The van der Waals surface area contributed by atoms with Gasteiger partial charge in [-0.2, -0.15) is 0 Å². The van der Waals surface area contributed by atoms with Gasteiger partial charge in [0.15, 0.2) is 6.10 Å². The minimum Gasteiger partial charge on any atom is -0.449 e. The number of aliphatic hydroxyl groups is 1. The lowest BCUT2D eigenvalue weighted by Crippen LogP contribution is -2.12. The van der Waals surface area contributed by atoms with Crippen LogP contribution in [0.25, 0.3) is 0 Å². The molecule has 0 aromatic heterocycles. The third-order valence-corrected chi connectivity index (χ3v) is 3.29. The van der Waals surface area contributed by atoms with Crippen LogP contribution in [0.4, 0.5) is 0 Å². The summed E-state index contributed by atoms with van der Waals surface area (Å²) < 4.78 is 4.98. The van der Waals surface area contributed by atoms with Gasteiger partial charge in [-0.3, -0.25) is 4.79 Å². The van der Waals surface area contributed by atoms with Gasteiger partial charge < -0.3 is 9.84 Å². The van der Waals surface area contributed by atoms with E-state index in [2.05, 4.69) is 30.6 Å². The molecule has 0 spiro atoms. The smallest absolute Gasteiger partial charge is 0.303 e. The molecule has 1 N–H and O–H groups in total. The average molecular weight is 306 g/mol. The van der Waals surface area contributed by atoms with Crippen LogP contribution in [0.1, 0.15) is 78.6 Å². The summed E-state index contributed by atoms with van der Waals surface area (Å²) in [6.45, 7) is 5.47. The zero-order valence-corrected chi connectivity index (χ0v) is 14.3. The Balaban J connectivity index is 3.84. The molecule has 0 heterocycles. The molecule has 124 valence electrons. The molecule has 3 heteroatoms. The summed E-state index contributed by atoms with van der Waals surface area (Å²) in [4.78, 5) is 10.8. The third-order valence-electron chi connectivity index (χ3n) is 3.29. The maximum atomic E-state index is 10.8. The number of ether oxygens (including phenoxy) is 1. The van der Waals surface area contributed by atoms with Crippen LogP contribution in [0, 0.1) is 23.7 Å². The van der Waals surface area contributed by atoms with Crippen molar-refractivity contribution in [3.05, 3.63) is 0 Å². The summed E-state index contributed by atoms with van der Waals surface area (Å²) >= 11 is 0. The van der Waals surface area contributed by atoms with Crippen molar-refractivity contribution in [1.82, 2.24) is 0 Å². The maximum absolute atomic E-state index is 10.8. The number of carbonyl (C=O) groups excluding carboxylic acids is 1. The van der Waals surface area contributed by atoms with Gasteiger partial charge in [-0.05, 0) is 37.0 Å². The second-order valence-corrected chi connectivity index (χ2v) is 5.47. The van der Waals surface area contributed by atoms with Gasteiger partial charge in [-0.15, -0.1) is 0 Å². The van der Waals surface area contributed by atoms with E-state index in [4.69, 9.17) is 4.74 Å². The lowest BCUT2D eigenvalue weighted by molar-refractivity contribution is -0.143. The van der Waals surface area contributed by atoms with Crippen LogP contribution in [0.15, 0.2) is 0 Å². The van der Waals surface area contributed by atoms with Crippen molar-refractivity contribution in [3.63, 3.8) is 0 Å². The van der Waals surface area contributed by atoms with Crippen molar-refractivity contribution >= 4 is 5.97 Å². The van der Waals surface area contributed by atoms with Gasteiger partial charge in [0.1, 0.15) is 6.10 Å². The Morgan fingerprint density at radius 2 is 1.59 bits per heavy atom. The highest BCUT2D eigenvalue weighted by molar-refractivity contribution is 5.66. The summed E-state index contributed by atoms with van der Waals surface area (Å²) in [5.74, 6) is 10.4. The predicted octanol–water partition coefficient (Wildman–Crippen LogP) is 3.84. The Hall–Kier alpha value is -1.45. The molecule has 0 rings (SSSR count). The van der Waals surface area contributed by atoms with Gasteiger partial charge in [0.25, 0.3) is 0 Å². The normalized spacial score (nSPS) is 12.4. The number of unbranched alkanes of at least 4 members (excludes halogenated alkanes) is 6. The zero-order valence-electron chi connectivity index (χ0n) is 14.3. The van der Waals surface area contributed by atoms with E-state index in [9.17, 15) is 9.90 Å². The van der Waals surface area contributed by atoms with Crippen LogP contribution in [-0.2, 0) is 9.53 Å². The van der Waals surface area contributed by atoms with Crippen LogP contribution in [-0.4, -0.2) is 23.3 Å². The summed E-state index contributed by atoms with van der Waals surface area (Å²) in [5.41, 5.74) is 0. The van der Waals surface area contributed by atoms with E-state index in [1.54, 1.807) is 0 Å². The molecule has 2 atom stereocenters. The van der Waals surface area contributed by atoms with Crippen LogP contribution in [0.3, 0.4) is 0 Å². The number of aliphatic hydroxyl groups excluding tert-OH is 1.